The third kappa shape index (κ3) is 3.15. The van der Waals surface area contributed by atoms with E-state index in [1.165, 1.54) is 12.8 Å². The molecule has 1 saturated carbocycles. The first-order valence-corrected chi connectivity index (χ1v) is 7.21. The van der Waals surface area contributed by atoms with E-state index < -0.39 is 17.5 Å². The SMILES string of the molecule is Fc1cc(F)c(CNCC2CCN(C3CC3)C2)cc1F. The summed E-state index contributed by atoms with van der Waals surface area (Å²) in [5, 5.41) is 3.16. The second-order valence-corrected chi connectivity index (χ2v) is 5.87. The molecule has 1 atom stereocenters. The maximum atomic E-state index is 13.5. The van der Waals surface area contributed by atoms with Crippen LogP contribution in [0.15, 0.2) is 12.1 Å². The Morgan fingerprint density at radius 2 is 1.80 bits per heavy atom. The lowest BCUT2D eigenvalue weighted by Gasteiger charge is -2.15. The number of hydrogen-bond donors (Lipinski definition) is 1. The second kappa shape index (κ2) is 5.74. The number of nitrogens with zero attached hydrogens (tertiary/aromatic N) is 1. The van der Waals surface area contributed by atoms with E-state index in [0.29, 0.717) is 12.0 Å². The molecule has 0 radical (unpaired) electrons. The van der Waals surface area contributed by atoms with Crippen LogP contribution >= 0.6 is 0 Å². The van der Waals surface area contributed by atoms with Gasteiger partial charge in [-0.2, -0.15) is 0 Å². The molecule has 110 valence electrons. The average molecular weight is 284 g/mol. The highest BCUT2D eigenvalue weighted by Crippen LogP contribution is 2.31. The van der Waals surface area contributed by atoms with Gasteiger partial charge in [0.25, 0.3) is 0 Å². The molecule has 1 aromatic rings. The van der Waals surface area contributed by atoms with Crippen LogP contribution in [0, 0.1) is 23.4 Å². The molecule has 20 heavy (non-hydrogen) atoms. The fourth-order valence-corrected chi connectivity index (χ4v) is 2.91. The van der Waals surface area contributed by atoms with Crippen LogP contribution in [-0.4, -0.2) is 30.6 Å². The van der Waals surface area contributed by atoms with Gasteiger partial charge in [-0.25, -0.2) is 13.2 Å². The average Bonchev–Trinajstić information content (AvgIpc) is 3.16. The van der Waals surface area contributed by atoms with E-state index >= 15 is 0 Å². The Labute approximate surface area is 117 Å². The van der Waals surface area contributed by atoms with Gasteiger partial charge in [0.1, 0.15) is 5.82 Å². The molecule has 1 aliphatic heterocycles. The van der Waals surface area contributed by atoms with E-state index in [2.05, 4.69) is 10.2 Å². The number of hydrogen-bond acceptors (Lipinski definition) is 2. The zero-order valence-corrected chi connectivity index (χ0v) is 11.3. The van der Waals surface area contributed by atoms with Crippen molar-refractivity contribution < 1.29 is 13.2 Å². The van der Waals surface area contributed by atoms with Crippen LogP contribution < -0.4 is 5.32 Å². The molecule has 2 aliphatic rings. The van der Waals surface area contributed by atoms with Crippen LogP contribution in [0.3, 0.4) is 0 Å². The third-order valence-electron chi connectivity index (χ3n) is 4.22. The minimum Gasteiger partial charge on any atom is -0.312 e. The van der Waals surface area contributed by atoms with Gasteiger partial charge in [0.05, 0.1) is 0 Å². The van der Waals surface area contributed by atoms with E-state index in [9.17, 15) is 13.2 Å². The van der Waals surface area contributed by atoms with Gasteiger partial charge < -0.3 is 10.2 Å². The molecule has 1 saturated heterocycles. The minimum absolute atomic E-state index is 0.181. The minimum atomic E-state index is -1.14. The van der Waals surface area contributed by atoms with Crippen molar-refractivity contribution in [3.63, 3.8) is 0 Å². The Kier molecular flexibility index (Phi) is 3.98. The van der Waals surface area contributed by atoms with Crippen molar-refractivity contribution in [2.24, 2.45) is 5.92 Å². The van der Waals surface area contributed by atoms with Crippen molar-refractivity contribution in [1.82, 2.24) is 10.2 Å². The molecule has 2 fully saturated rings. The van der Waals surface area contributed by atoms with Crippen LogP contribution in [0.5, 0.6) is 0 Å². The Morgan fingerprint density at radius 3 is 2.55 bits per heavy atom. The molecule has 0 bridgehead atoms. The van der Waals surface area contributed by atoms with Gasteiger partial charge in [-0.3, -0.25) is 0 Å². The normalized spacial score (nSPS) is 23.4. The first-order valence-electron chi connectivity index (χ1n) is 7.21. The zero-order valence-electron chi connectivity index (χ0n) is 11.3. The Morgan fingerprint density at radius 1 is 1.05 bits per heavy atom. The van der Waals surface area contributed by atoms with Crippen LogP contribution in [0.1, 0.15) is 24.8 Å². The largest absolute Gasteiger partial charge is 0.312 e. The van der Waals surface area contributed by atoms with Crippen molar-refractivity contribution in [2.75, 3.05) is 19.6 Å². The highest BCUT2D eigenvalue weighted by atomic mass is 19.2. The molecule has 0 amide bonds. The molecular formula is C15H19F3N2. The van der Waals surface area contributed by atoms with Gasteiger partial charge in [-0.05, 0) is 44.3 Å². The van der Waals surface area contributed by atoms with E-state index in [1.807, 2.05) is 0 Å². The summed E-state index contributed by atoms with van der Waals surface area (Å²) in [5.74, 6) is -2.25. The highest BCUT2D eigenvalue weighted by Gasteiger charge is 2.33. The molecule has 2 nitrogen and oxygen atoms in total. The lowest BCUT2D eigenvalue weighted by molar-refractivity contribution is 0.311. The van der Waals surface area contributed by atoms with Gasteiger partial charge in [0.15, 0.2) is 11.6 Å². The summed E-state index contributed by atoms with van der Waals surface area (Å²) in [6.45, 7) is 3.28. The lowest BCUT2D eigenvalue weighted by atomic mass is 10.1. The molecule has 5 heteroatoms. The fraction of sp³-hybridized carbons (Fsp3) is 0.600. The van der Waals surface area contributed by atoms with Crippen molar-refractivity contribution >= 4 is 0 Å². The number of benzene rings is 1. The number of nitrogens with one attached hydrogen (secondary N) is 1. The second-order valence-electron chi connectivity index (χ2n) is 5.87. The first-order chi connectivity index (χ1) is 9.63. The lowest BCUT2D eigenvalue weighted by Crippen LogP contribution is -2.27. The zero-order chi connectivity index (χ0) is 14.1. The highest BCUT2D eigenvalue weighted by molar-refractivity contribution is 5.19. The van der Waals surface area contributed by atoms with Gasteiger partial charge in [-0.15, -0.1) is 0 Å². The number of halogens is 3. The first kappa shape index (κ1) is 13.9. The molecule has 1 unspecified atom stereocenters. The summed E-state index contributed by atoms with van der Waals surface area (Å²) in [6, 6.07) is 2.34. The summed E-state index contributed by atoms with van der Waals surface area (Å²) in [4.78, 5) is 2.52. The van der Waals surface area contributed by atoms with E-state index in [1.54, 1.807) is 0 Å². The van der Waals surface area contributed by atoms with Crippen LogP contribution in [0.2, 0.25) is 0 Å². The summed E-state index contributed by atoms with van der Waals surface area (Å²) < 4.78 is 39.3. The summed E-state index contributed by atoms with van der Waals surface area (Å²) in [6.07, 6.45) is 3.80. The van der Waals surface area contributed by atoms with Gasteiger partial charge in [-0.1, -0.05) is 0 Å². The number of rotatable bonds is 5. The van der Waals surface area contributed by atoms with Gasteiger partial charge >= 0.3 is 0 Å². The summed E-state index contributed by atoms with van der Waals surface area (Å²) >= 11 is 0. The molecule has 1 N–H and O–H groups in total. The molecule has 0 aromatic heterocycles. The Bertz CT molecular complexity index is 488. The molecular weight excluding hydrogens is 265 g/mol. The quantitative estimate of drug-likeness (QED) is 0.836. The maximum absolute atomic E-state index is 13.5. The van der Waals surface area contributed by atoms with Crippen LogP contribution in [-0.2, 0) is 6.54 Å². The number of likely N-dealkylation sites (tertiary alicyclic amines) is 1. The van der Waals surface area contributed by atoms with Gasteiger partial charge in [0, 0.05) is 30.8 Å². The van der Waals surface area contributed by atoms with E-state index in [-0.39, 0.29) is 12.1 Å². The predicted octanol–water partition coefficient (Wildman–Crippen LogP) is 2.68. The van der Waals surface area contributed by atoms with Crippen molar-refractivity contribution in [1.29, 1.82) is 0 Å². The van der Waals surface area contributed by atoms with E-state index in [4.69, 9.17) is 0 Å². The Balaban J connectivity index is 1.47. The molecule has 1 heterocycles. The fourth-order valence-electron chi connectivity index (χ4n) is 2.91. The van der Waals surface area contributed by atoms with Crippen molar-refractivity contribution in [3.05, 3.63) is 35.1 Å². The van der Waals surface area contributed by atoms with E-state index in [0.717, 1.165) is 38.2 Å². The molecule has 3 rings (SSSR count). The predicted molar refractivity (Wildman–Crippen MR) is 70.7 cm³/mol. The van der Waals surface area contributed by atoms with Crippen LogP contribution in [0.4, 0.5) is 13.2 Å². The molecule has 1 aliphatic carbocycles. The molecule has 1 aromatic carbocycles. The Hall–Kier alpha value is -1.07. The molecule has 0 spiro atoms. The van der Waals surface area contributed by atoms with Crippen molar-refractivity contribution in [2.45, 2.75) is 31.8 Å². The monoisotopic (exact) mass is 284 g/mol. The van der Waals surface area contributed by atoms with Crippen molar-refractivity contribution in [3.8, 4) is 0 Å². The maximum Gasteiger partial charge on any atom is 0.161 e. The summed E-state index contributed by atoms with van der Waals surface area (Å²) in [5.41, 5.74) is 0.181. The topological polar surface area (TPSA) is 15.3 Å². The summed E-state index contributed by atoms with van der Waals surface area (Å²) in [7, 11) is 0. The third-order valence-corrected chi connectivity index (χ3v) is 4.22. The smallest absolute Gasteiger partial charge is 0.161 e. The van der Waals surface area contributed by atoms with Crippen LogP contribution in [0.25, 0.3) is 0 Å². The standard InChI is InChI=1S/C15H19F3N2/c16-13-6-15(18)14(17)5-11(13)8-19-7-10-3-4-20(9-10)12-1-2-12/h5-6,10,12,19H,1-4,7-9H2. The van der Waals surface area contributed by atoms with Gasteiger partial charge in [0.2, 0.25) is 0 Å².